The maximum atomic E-state index is 4.36. The van der Waals surface area contributed by atoms with Crippen molar-refractivity contribution in [2.75, 3.05) is 6.54 Å². The molecule has 92 valence electrons. The van der Waals surface area contributed by atoms with Crippen LogP contribution in [-0.4, -0.2) is 25.9 Å². The molecule has 5 heteroatoms. The van der Waals surface area contributed by atoms with Gasteiger partial charge in [-0.1, -0.05) is 6.92 Å². The Balaban J connectivity index is 1.85. The van der Waals surface area contributed by atoms with Gasteiger partial charge in [0.1, 0.15) is 5.82 Å². The van der Waals surface area contributed by atoms with Gasteiger partial charge in [0.05, 0.1) is 13.1 Å². The first-order valence-corrected chi connectivity index (χ1v) is 6.08. The molecule has 17 heavy (non-hydrogen) atoms. The van der Waals surface area contributed by atoms with Gasteiger partial charge in [0.15, 0.2) is 0 Å². The Hall–Kier alpha value is -1.62. The fraction of sp³-hybridized carbons (Fsp3) is 0.500. The Labute approximate surface area is 101 Å². The highest BCUT2D eigenvalue weighted by Gasteiger charge is 2.01. The minimum absolute atomic E-state index is 0.833. The summed E-state index contributed by atoms with van der Waals surface area (Å²) in [6.07, 6.45) is 8.80. The molecule has 0 aliphatic carbocycles. The maximum absolute atomic E-state index is 4.36. The van der Waals surface area contributed by atoms with E-state index in [-0.39, 0.29) is 0 Å². The molecule has 1 N–H and O–H groups in total. The molecule has 0 aliphatic heterocycles. The summed E-state index contributed by atoms with van der Waals surface area (Å²) in [7, 11) is 0. The molecule has 0 saturated carbocycles. The summed E-state index contributed by atoms with van der Waals surface area (Å²) < 4.78 is 4.10. The molecule has 0 bridgehead atoms. The van der Waals surface area contributed by atoms with E-state index in [0.29, 0.717) is 0 Å². The first-order valence-electron chi connectivity index (χ1n) is 6.08. The summed E-state index contributed by atoms with van der Waals surface area (Å²) in [6, 6.07) is 1.94. The van der Waals surface area contributed by atoms with Gasteiger partial charge in [0.2, 0.25) is 0 Å². The second-order valence-electron chi connectivity index (χ2n) is 3.98. The zero-order valence-electron chi connectivity index (χ0n) is 10.2. The molecule has 2 rings (SSSR count). The highest BCUT2D eigenvalue weighted by molar-refractivity contribution is 4.92. The second kappa shape index (κ2) is 6.20. The summed E-state index contributed by atoms with van der Waals surface area (Å²) in [5.41, 5.74) is 0. The van der Waals surface area contributed by atoms with E-state index >= 15 is 0 Å². The second-order valence-corrected chi connectivity index (χ2v) is 3.98. The van der Waals surface area contributed by atoms with Gasteiger partial charge in [0.25, 0.3) is 0 Å². The van der Waals surface area contributed by atoms with Crippen molar-refractivity contribution in [3.8, 4) is 0 Å². The molecular weight excluding hydrogens is 214 g/mol. The van der Waals surface area contributed by atoms with E-state index in [1.165, 1.54) is 0 Å². The van der Waals surface area contributed by atoms with Crippen LogP contribution in [0.2, 0.25) is 0 Å². The predicted molar refractivity (Wildman–Crippen MR) is 66.5 cm³/mol. The molecule has 5 nitrogen and oxygen atoms in total. The molecule has 0 saturated heterocycles. The Morgan fingerprint density at radius 3 is 2.94 bits per heavy atom. The van der Waals surface area contributed by atoms with Crippen molar-refractivity contribution in [2.24, 2.45) is 0 Å². The Morgan fingerprint density at radius 1 is 1.24 bits per heavy atom. The smallest absolute Gasteiger partial charge is 0.122 e. The first-order chi connectivity index (χ1) is 8.40. The van der Waals surface area contributed by atoms with Gasteiger partial charge in [-0.25, -0.2) is 4.98 Å². The van der Waals surface area contributed by atoms with Crippen molar-refractivity contribution >= 4 is 0 Å². The van der Waals surface area contributed by atoms with Gasteiger partial charge in [-0.15, -0.1) is 0 Å². The van der Waals surface area contributed by atoms with Gasteiger partial charge >= 0.3 is 0 Å². The van der Waals surface area contributed by atoms with Crippen LogP contribution in [0.1, 0.15) is 19.2 Å². The monoisotopic (exact) mass is 233 g/mol. The van der Waals surface area contributed by atoms with Gasteiger partial charge in [-0.2, -0.15) is 5.10 Å². The predicted octanol–water partition coefficient (Wildman–Crippen LogP) is 1.28. The fourth-order valence-electron chi connectivity index (χ4n) is 1.73. The van der Waals surface area contributed by atoms with Crippen LogP contribution in [0.4, 0.5) is 0 Å². The zero-order valence-corrected chi connectivity index (χ0v) is 10.2. The molecule has 0 atom stereocenters. The number of rotatable bonds is 7. The molecule has 2 heterocycles. The number of aromatic nitrogens is 4. The Kier molecular flexibility index (Phi) is 4.32. The molecular formula is C12H19N5. The largest absolute Gasteiger partial charge is 0.332 e. The molecule has 0 aliphatic rings. The molecule has 2 aromatic heterocycles. The van der Waals surface area contributed by atoms with E-state index in [4.69, 9.17) is 0 Å². The number of hydrogen-bond donors (Lipinski definition) is 1. The van der Waals surface area contributed by atoms with Crippen molar-refractivity contribution in [1.82, 2.24) is 24.6 Å². The summed E-state index contributed by atoms with van der Waals surface area (Å²) >= 11 is 0. The lowest BCUT2D eigenvalue weighted by molar-refractivity contribution is 0.509. The first kappa shape index (κ1) is 11.9. The summed E-state index contributed by atoms with van der Waals surface area (Å²) in [5, 5.41) is 7.55. The number of aryl methyl sites for hydroxylation is 2. The normalized spacial score (nSPS) is 10.9. The summed E-state index contributed by atoms with van der Waals surface area (Å²) in [6.45, 7) is 5.82. The third kappa shape index (κ3) is 3.42. The van der Waals surface area contributed by atoms with Gasteiger partial charge in [-0.3, -0.25) is 4.68 Å². The summed E-state index contributed by atoms with van der Waals surface area (Å²) in [5.74, 6) is 1.09. The van der Waals surface area contributed by atoms with Crippen molar-refractivity contribution in [3.63, 3.8) is 0 Å². The molecule has 0 spiro atoms. The van der Waals surface area contributed by atoms with Crippen molar-refractivity contribution in [2.45, 2.75) is 33.0 Å². The summed E-state index contributed by atoms with van der Waals surface area (Å²) in [4.78, 5) is 4.36. The lowest BCUT2D eigenvalue weighted by atomic mass is 10.4. The number of nitrogens with one attached hydrogen (secondary N) is 1. The SMILES string of the molecule is CCCNCc1nccn1CCn1cccn1. The molecule has 0 unspecified atom stereocenters. The van der Waals surface area contributed by atoms with E-state index in [1.54, 1.807) is 6.20 Å². The Bertz CT molecular complexity index is 418. The highest BCUT2D eigenvalue weighted by Crippen LogP contribution is 1.98. The number of nitrogens with zero attached hydrogens (tertiary/aromatic N) is 4. The lowest BCUT2D eigenvalue weighted by Crippen LogP contribution is -2.18. The van der Waals surface area contributed by atoms with Gasteiger partial charge < -0.3 is 9.88 Å². The topological polar surface area (TPSA) is 47.7 Å². The minimum atomic E-state index is 0.833. The highest BCUT2D eigenvalue weighted by atomic mass is 15.3. The van der Waals surface area contributed by atoms with E-state index in [1.807, 2.05) is 29.3 Å². The quantitative estimate of drug-likeness (QED) is 0.733. The van der Waals surface area contributed by atoms with Crippen LogP contribution in [0.3, 0.4) is 0 Å². The number of hydrogen-bond acceptors (Lipinski definition) is 3. The van der Waals surface area contributed by atoms with Crippen molar-refractivity contribution < 1.29 is 0 Å². The van der Waals surface area contributed by atoms with E-state index in [0.717, 1.165) is 38.4 Å². The van der Waals surface area contributed by atoms with Crippen LogP contribution < -0.4 is 5.32 Å². The average Bonchev–Trinajstić information content (AvgIpc) is 2.97. The average molecular weight is 233 g/mol. The van der Waals surface area contributed by atoms with E-state index in [9.17, 15) is 0 Å². The van der Waals surface area contributed by atoms with Gasteiger partial charge in [0, 0.05) is 31.3 Å². The van der Waals surface area contributed by atoms with Crippen LogP contribution in [-0.2, 0) is 19.6 Å². The molecule has 0 aromatic carbocycles. The van der Waals surface area contributed by atoms with Crippen LogP contribution in [0.25, 0.3) is 0 Å². The third-order valence-corrected chi connectivity index (χ3v) is 2.64. The van der Waals surface area contributed by atoms with Crippen LogP contribution >= 0.6 is 0 Å². The lowest BCUT2D eigenvalue weighted by Gasteiger charge is -2.08. The standard InChI is InChI=1S/C12H19N5/c1-2-4-13-11-12-14-6-8-16(12)9-10-17-7-3-5-15-17/h3,5-8,13H,2,4,9-11H2,1H3. The van der Waals surface area contributed by atoms with Crippen LogP contribution in [0.15, 0.2) is 30.9 Å². The fourth-order valence-corrected chi connectivity index (χ4v) is 1.73. The minimum Gasteiger partial charge on any atom is -0.332 e. The molecule has 0 amide bonds. The van der Waals surface area contributed by atoms with Crippen molar-refractivity contribution in [1.29, 1.82) is 0 Å². The Morgan fingerprint density at radius 2 is 2.18 bits per heavy atom. The molecule has 2 aromatic rings. The maximum Gasteiger partial charge on any atom is 0.122 e. The van der Waals surface area contributed by atoms with Crippen LogP contribution in [0, 0.1) is 0 Å². The molecule has 0 fully saturated rings. The number of imidazole rings is 1. The van der Waals surface area contributed by atoms with Crippen molar-refractivity contribution in [3.05, 3.63) is 36.7 Å². The van der Waals surface area contributed by atoms with E-state index in [2.05, 4.69) is 26.9 Å². The van der Waals surface area contributed by atoms with Crippen LogP contribution in [0.5, 0.6) is 0 Å². The third-order valence-electron chi connectivity index (χ3n) is 2.64. The molecule has 0 radical (unpaired) electrons. The zero-order chi connectivity index (χ0) is 11.9. The van der Waals surface area contributed by atoms with Gasteiger partial charge in [-0.05, 0) is 19.0 Å². The van der Waals surface area contributed by atoms with E-state index < -0.39 is 0 Å².